The zero-order valence-corrected chi connectivity index (χ0v) is 24.2. The number of anilines is 1. The van der Waals surface area contributed by atoms with E-state index in [0.717, 1.165) is 32.2 Å². The summed E-state index contributed by atoms with van der Waals surface area (Å²) in [5.41, 5.74) is 12.5. The molecule has 3 rings (SSSR count). The minimum absolute atomic E-state index is 0.0126. The highest BCUT2D eigenvalue weighted by molar-refractivity contribution is 6.13. The van der Waals surface area contributed by atoms with Crippen molar-refractivity contribution < 1.29 is 19.1 Å². The molecule has 220 valence electrons. The van der Waals surface area contributed by atoms with Crippen molar-refractivity contribution in [1.82, 2.24) is 20.2 Å². The summed E-state index contributed by atoms with van der Waals surface area (Å²) in [4.78, 5) is 47.8. The van der Waals surface area contributed by atoms with Crippen LogP contribution in [-0.4, -0.2) is 73.1 Å². The molecule has 0 bridgehead atoms. The maximum absolute atomic E-state index is 13.3. The van der Waals surface area contributed by atoms with Crippen molar-refractivity contribution in [3.63, 3.8) is 0 Å². The van der Waals surface area contributed by atoms with Crippen LogP contribution in [0.5, 0.6) is 5.88 Å². The van der Waals surface area contributed by atoms with E-state index in [1.165, 1.54) is 6.20 Å². The molecule has 0 unspecified atom stereocenters. The number of hydrogen-bond donors (Lipinski definition) is 4. The zero-order valence-electron chi connectivity index (χ0n) is 24.2. The second-order valence-electron chi connectivity index (χ2n) is 9.68. The minimum Gasteiger partial charge on any atom is -0.476 e. The first-order valence-electron chi connectivity index (χ1n) is 13.6. The Hall–Kier alpha value is -3.75. The van der Waals surface area contributed by atoms with Crippen LogP contribution in [0.4, 0.5) is 5.82 Å². The lowest BCUT2D eigenvalue weighted by atomic mass is 9.81. The van der Waals surface area contributed by atoms with E-state index in [-0.39, 0.29) is 40.7 Å². The molecule has 0 amide bonds. The summed E-state index contributed by atoms with van der Waals surface area (Å²) in [6.45, 7) is 3.41. The lowest BCUT2D eigenvalue weighted by Crippen LogP contribution is -2.31. The molecule has 40 heavy (non-hydrogen) atoms. The van der Waals surface area contributed by atoms with Gasteiger partial charge in [-0.15, -0.1) is 12.8 Å². The number of carbonyl (C=O) groups is 3. The normalized spacial score (nSPS) is 19.8. The van der Waals surface area contributed by atoms with Crippen LogP contribution < -0.4 is 26.8 Å². The van der Waals surface area contributed by atoms with Gasteiger partial charge in [-0.2, -0.15) is 4.98 Å². The third-order valence-corrected chi connectivity index (χ3v) is 6.56. The Morgan fingerprint density at radius 2 is 1.90 bits per heavy atom. The Bertz CT molecular complexity index is 1070. The molecule has 0 aromatic carbocycles. The van der Waals surface area contributed by atoms with E-state index >= 15 is 0 Å². The number of nitrogens with one attached hydrogen (secondary N) is 2. The third kappa shape index (κ3) is 10.4. The largest absolute Gasteiger partial charge is 0.476 e. The fraction of sp³-hybridized carbons (Fsp3) is 0.552. The Balaban J connectivity index is 0.00000150. The summed E-state index contributed by atoms with van der Waals surface area (Å²) in [6, 6.07) is 1.87. The monoisotopic (exact) mass is 555 g/mol. The first kappa shape index (κ1) is 34.3. The van der Waals surface area contributed by atoms with Crippen molar-refractivity contribution >= 4 is 29.4 Å². The lowest BCUT2D eigenvalue weighted by molar-refractivity contribution is -0.132. The topological polar surface area (TPSA) is 166 Å². The van der Waals surface area contributed by atoms with E-state index in [1.54, 1.807) is 6.07 Å². The van der Waals surface area contributed by atoms with Crippen molar-refractivity contribution in [3.8, 4) is 18.7 Å². The molecule has 2 fully saturated rings. The van der Waals surface area contributed by atoms with E-state index in [1.807, 2.05) is 21.0 Å². The lowest BCUT2D eigenvalue weighted by Gasteiger charge is -2.22. The van der Waals surface area contributed by atoms with Gasteiger partial charge in [0.05, 0.1) is 17.3 Å². The van der Waals surface area contributed by atoms with Crippen molar-refractivity contribution in [2.75, 3.05) is 39.6 Å². The molecule has 6 N–H and O–H groups in total. The number of ether oxygens (including phenoxy) is 1. The van der Waals surface area contributed by atoms with Gasteiger partial charge in [-0.1, -0.05) is 19.8 Å². The molecule has 2 atom stereocenters. The molecule has 1 aliphatic carbocycles. The Morgan fingerprint density at radius 1 is 1.20 bits per heavy atom. The number of terminal acetylenes is 1. The molecule has 0 spiro atoms. The molecule has 0 radical (unpaired) electrons. The Morgan fingerprint density at radius 3 is 2.48 bits per heavy atom. The highest BCUT2D eigenvalue weighted by Gasteiger charge is 2.32. The van der Waals surface area contributed by atoms with Crippen LogP contribution in [0, 0.1) is 18.8 Å². The number of likely N-dealkylation sites (tertiary alicyclic amines) is 1. The number of carbonyl (C=O) groups excluding carboxylic acids is 3. The number of nitrogens with zero attached hydrogens (tertiary/aromatic N) is 3. The number of ketones is 2. The summed E-state index contributed by atoms with van der Waals surface area (Å²) >= 11 is 0. The summed E-state index contributed by atoms with van der Waals surface area (Å²) in [6.07, 6.45) is 15.7. The van der Waals surface area contributed by atoms with E-state index < -0.39 is 5.92 Å². The van der Waals surface area contributed by atoms with Crippen LogP contribution in [0.15, 0.2) is 23.5 Å². The number of aromatic nitrogens is 2. The average Bonchev–Trinajstić information content (AvgIpc) is 3.38. The first-order chi connectivity index (χ1) is 19.2. The molecule has 11 nitrogen and oxygen atoms in total. The molecule has 1 saturated carbocycles. The van der Waals surface area contributed by atoms with Gasteiger partial charge in [-0.25, -0.2) is 4.98 Å². The number of rotatable bonds is 11. The number of hydrogen-bond acceptors (Lipinski definition) is 11. The van der Waals surface area contributed by atoms with Gasteiger partial charge in [0.25, 0.3) is 0 Å². The number of likely N-dealkylation sites (N-methyl/N-ethyl adjacent to an activating group) is 1. The van der Waals surface area contributed by atoms with E-state index in [4.69, 9.17) is 16.2 Å². The molecule has 1 aliphatic heterocycles. The fourth-order valence-electron chi connectivity index (χ4n) is 4.50. The highest BCUT2D eigenvalue weighted by atomic mass is 16.5. The van der Waals surface area contributed by atoms with E-state index in [2.05, 4.69) is 45.4 Å². The van der Waals surface area contributed by atoms with Gasteiger partial charge >= 0.3 is 0 Å². The third-order valence-electron chi connectivity index (χ3n) is 6.56. The summed E-state index contributed by atoms with van der Waals surface area (Å²) in [7, 11) is 5.81. The van der Waals surface area contributed by atoms with Crippen LogP contribution in [0.1, 0.15) is 64.1 Å². The molecule has 11 heteroatoms. The van der Waals surface area contributed by atoms with Crippen LogP contribution in [0.3, 0.4) is 0 Å². The average molecular weight is 556 g/mol. The predicted molar refractivity (Wildman–Crippen MR) is 158 cm³/mol. The van der Waals surface area contributed by atoms with Crippen molar-refractivity contribution in [2.24, 2.45) is 17.4 Å². The Kier molecular flexibility index (Phi) is 15.9. The Labute approximate surface area is 238 Å². The quantitative estimate of drug-likeness (QED) is 0.137. The number of nitrogens with two attached hydrogens (primary N) is 2. The van der Waals surface area contributed by atoms with Crippen molar-refractivity contribution in [3.05, 3.63) is 29.4 Å². The SMILES string of the molecule is C#C.CCC/C(C(=O)[C@H]1CCCCC1=O)=C(/N)c1nc(N/C=C(\N)C=O)cc(OC[C@@H]2CCCN2C)n1.CNC. The maximum atomic E-state index is 13.3. The van der Waals surface area contributed by atoms with Crippen LogP contribution in [0.25, 0.3) is 5.70 Å². The second-order valence-corrected chi connectivity index (χ2v) is 9.68. The molecule has 1 aromatic heterocycles. The maximum Gasteiger partial charge on any atom is 0.219 e. The smallest absolute Gasteiger partial charge is 0.219 e. The first-order valence-corrected chi connectivity index (χ1v) is 13.6. The van der Waals surface area contributed by atoms with Crippen molar-refractivity contribution in [2.45, 2.75) is 64.3 Å². The second kappa shape index (κ2) is 18.5. The van der Waals surface area contributed by atoms with Gasteiger partial charge in [-0.05, 0) is 59.8 Å². The van der Waals surface area contributed by atoms with Crippen LogP contribution in [-0.2, 0) is 14.4 Å². The van der Waals surface area contributed by atoms with Gasteiger partial charge in [0.2, 0.25) is 5.88 Å². The molecule has 2 aliphatic rings. The number of allylic oxidation sites excluding steroid dienone is 2. The highest BCUT2D eigenvalue weighted by Crippen LogP contribution is 2.28. The molecule has 2 heterocycles. The predicted octanol–water partition coefficient (Wildman–Crippen LogP) is 2.24. The molecular weight excluding hydrogens is 510 g/mol. The van der Waals surface area contributed by atoms with E-state index in [0.29, 0.717) is 50.0 Å². The molecule has 1 saturated heterocycles. The summed E-state index contributed by atoms with van der Waals surface area (Å²) in [5, 5.41) is 5.61. The molecule has 1 aromatic rings. The number of Topliss-reactive ketones (excluding diaryl/α,β-unsaturated/α-hetero) is 2. The number of aldehydes is 1. The van der Waals surface area contributed by atoms with Crippen LogP contribution in [0.2, 0.25) is 0 Å². The molecular formula is C29H45N7O4. The zero-order chi connectivity index (χ0) is 30.1. The van der Waals surface area contributed by atoms with Gasteiger partial charge < -0.3 is 31.7 Å². The summed E-state index contributed by atoms with van der Waals surface area (Å²) in [5.74, 6) is -0.197. The standard InChI is InChI=1S/C25H36N6O4.C2H7N.C2H2/c1-3-7-19(24(34)18-9-4-5-10-20(18)33)23(27)25-29-21(28-13-16(26)14-32)12-22(30-25)35-15-17-8-6-11-31(17)2;1-3-2;1-2/h12-14,17-18H,3-11,15,26-27H2,1-2H3,(H,28,29,30);3H,1-2H3;1-2H/b16-13-,23-19-;;/t17-,18-;;/m0../s1. The van der Waals surface area contributed by atoms with Gasteiger partial charge in [0.15, 0.2) is 17.9 Å². The van der Waals surface area contributed by atoms with E-state index in [9.17, 15) is 14.4 Å². The summed E-state index contributed by atoms with van der Waals surface area (Å²) < 4.78 is 5.99. The fourth-order valence-corrected chi connectivity index (χ4v) is 4.50. The van der Waals surface area contributed by atoms with Crippen LogP contribution >= 0.6 is 0 Å². The van der Waals surface area contributed by atoms with Gasteiger partial charge in [-0.3, -0.25) is 14.4 Å². The minimum atomic E-state index is -0.658. The van der Waals surface area contributed by atoms with Gasteiger partial charge in [0, 0.05) is 30.3 Å². The van der Waals surface area contributed by atoms with Gasteiger partial charge in [0.1, 0.15) is 18.2 Å². The van der Waals surface area contributed by atoms with Crippen molar-refractivity contribution in [1.29, 1.82) is 0 Å².